The fourth-order valence-electron chi connectivity index (χ4n) is 2.69. The molecule has 1 saturated heterocycles. The van der Waals surface area contributed by atoms with Gasteiger partial charge in [0.1, 0.15) is 5.69 Å². The summed E-state index contributed by atoms with van der Waals surface area (Å²) in [4.78, 5) is 31.0. The van der Waals surface area contributed by atoms with Gasteiger partial charge in [0.15, 0.2) is 0 Å². The molecule has 110 valence electrons. The predicted molar refractivity (Wildman–Crippen MR) is 78.7 cm³/mol. The monoisotopic (exact) mass is 289 g/mol. The van der Waals surface area contributed by atoms with Crippen molar-refractivity contribution in [3.8, 4) is 0 Å². The SMILES string of the molecule is CN(c1cc2nc[nH]c(=O)c2cc1[N+](=O)[O-])C1CCNC1. The van der Waals surface area contributed by atoms with E-state index >= 15 is 0 Å². The summed E-state index contributed by atoms with van der Waals surface area (Å²) in [5.41, 5.74) is 0.492. The molecule has 21 heavy (non-hydrogen) atoms. The van der Waals surface area contributed by atoms with Gasteiger partial charge in [-0.3, -0.25) is 14.9 Å². The number of nitrogens with one attached hydrogen (secondary N) is 2. The zero-order valence-electron chi connectivity index (χ0n) is 11.5. The molecule has 0 amide bonds. The third kappa shape index (κ3) is 2.33. The molecule has 1 unspecified atom stereocenters. The molecule has 2 heterocycles. The van der Waals surface area contributed by atoms with Crippen LogP contribution in [0.25, 0.3) is 10.9 Å². The molecular weight excluding hydrogens is 274 g/mol. The Bertz CT molecular complexity index is 751. The Labute approximate surface area is 119 Å². The number of H-pyrrole nitrogens is 1. The molecule has 0 spiro atoms. The molecule has 1 atom stereocenters. The van der Waals surface area contributed by atoms with Crippen LogP contribution in [0.4, 0.5) is 11.4 Å². The molecule has 1 aliphatic heterocycles. The van der Waals surface area contributed by atoms with Crippen LogP contribution >= 0.6 is 0 Å². The van der Waals surface area contributed by atoms with Crippen molar-refractivity contribution in [1.29, 1.82) is 0 Å². The molecule has 1 aromatic heterocycles. The number of aromatic nitrogens is 2. The summed E-state index contributed by atoms with van der Waals surface area (Å²) in [5, 5.41) is 14.8. The first-order chi connectivity index (χ1) is 10.1. The highest BCUT2D eigenvalue weighted by Crippen LogP contribution is 2.32. The molecule has 3 rings (SSSR count). The first-order valence-electron chi connectivity index (χ1n) is 6.67. The average molecular weight is 289 g/mol. The van der Waals surface area contributed by atoms with Crippen molar-refractivity contribution in [3.63, 3.8) is 0 Å². The number of nitrogens with zero attached hydrogens (tertiary/aromatic N) is 3. The highest BCUT2D eigenvalue weighted by molar-refractivity contribution is 5.87. The van der Waals surface area contributed by atoms with Crippen LogP contribution in [0.1, 0.15) is 6.42 Å². The van der Waals surface area contributed by atoms with E-state index in [4.69, 9.17) is 0 Å². The van der Waals surface area contributed by atoms with Gasteiger partial charge in [0, 0.05) is 25.7 Å². The first kappa shape index (κ1) is 13.5. The highest BCUT2D eigenvalue weighted by Gasteiger charge is 2.26. The van der Waals surface area contributed by atoms with Gasteiger partial charge in [0.25, 0.3) is 11.2 Å². The van der Waals surface area contributed by atoms with Crippen molar-refractivity contribution in [2.24, 2.45) is 0 Å². The summed E-state index contributed by atoms with van der Waals surface area (Å²) >= 11 is 0. The molecule has 8 nitrogen and oxygen atoms in total. The number of anilines is 1. The Balaban J connectivity index is 2.17. The minimum atomic E-state index is -0.458. The van der Waals surface area contributed by atoms with E-state index in [1.807, 2.05) is 11.9 Å². The number of hydrogen-bond donors (Lipinski definition) is 2. The predicted octanol–water partition coefficient (Wildman–Crippen LogP) is 0.629. The van der Waals surface area contributed by atoms with Crippen LogP contribution in [-0.2, 0) is 0 Å². The summed E-state index contributed by atoms with van der Waals surface area (Å²) < 4.78 is 0. The van der Waals surface area contributed by atoms with Crippen molar-refractivity contribution >= 4 is 22.3 Å². The van der Waals surface area contributed by atoms with E-state index < -0.39 is 4.92 Å². The summed E-state index contributed by atoms with van der Waals surface area (Å²) in [6.45, 7) is 1.68. The summed E-state index contributed by atoms with van der Waals surface area (Å²) in [6, 6.07) is 3.11. The second-order valence-corrected chi connectivity index (χ2v) is 5.10. The molecule has 2 aromatic rings. The summed E-state index contributed by atoms with van der Waals surface area (Å²) in [6.07, 6.45) is 2.23. The summed E-state index contributed by atoms with van der Waals surface area (Å²) in [5.74, 6) is 0. The maximum atomic E-state index is 11.7. The number of benzene rings is 1. The van der Waals surface area contributed by atoms with Crippen LogP contribution in [0, 0.1) is 10.1 Å². The number of likely N-dealkylation sites (N-methyl/N-ethyl adjacent to an activating group) is 1. The lowest BCUT2D eigenvalue weighted by atomic mass is 10.1. The number of nitro benzene ring substituents is 1. The molecule has 1 aromatic carbocycles. The van der Waals surface area contributed by atoms with E-state index in [1.165, 1.54) is 12.4 Å². The number of nitro groups is 1. The maximum Gasteiger partial charge on any atom is 0.293 e. The topological polar surface area (TPSA) is 104 Å². The lowest BCUT2D eigenvalue weighted by Gasteiger charge is -2.25. The van der Waals surface area contributed by atoms with Crippen LogP contribution in [-0.4, -0.2) is 41.1 Å². The highest BCUT2D eigenvalue weighted by atomic mass is 16.6. The standard InChI is InChI=1S/C13H15N5O3/c1-17(8-2-3-14-6-8)11-5-10-9(4-12(11)18(20)21)13(19)16-7-15-10/h4-5,7-8,14H,2-3,6H2,1H3,(H,15,16,19). The van der Waals surface area contributed by atoms with Crippen molar-refractivity contribution in [2.45, 2.75) is 12.5 Å². The Morgan fingerprint density at radius 3 is 2.95 bits per heavy atom. The van der Waals surface area contributed by atoms with E-state index in [0.717, 1.165) is 19.5 Å². The Kier molecular flexibility index (Phi) is 3.30. The molecular formula is C13H15N5O3. The molecule has 8 heteroatoms. The fourth-order valence-corrected chi connectivity index (χ4v) is 2.69. The van der Waals surface area contributed by atoms with Gasteiger partial charge in [-0.1, -0.05) is 0 Å². The lowest BCUT2D eigenvalue weighted by Crippen LogP contribution is -2.33. The maximum absolute atomic E-state index is 11.7. The minimum absolute atomic E-state index is 0.0737. The number of fused-ring (bicyclic) bond motifs is 1. The van der Waals surface area contributed by atoms with Gasteiger partial charge in [0.05, 0.1) is 22.2 Å². The van der Waals surface area contributed by atoms with Gasteiger partial charge >= 0.3 is 0 Å². The summed E-state index contributed by atoms with van der Waals surface area (Å²) in [7, 11) is 1.83. The van der Waals surface area contributed by atoms with Crippen LogP contribution < -0.4 is 15.8 Å². The second kappa shape index (κ2) is 5.13. The molecule has 0 aliphatic carbocycles. The smallest absolute Gasteiger partial charge is 0.293 e. The number of aromatic amines is 1. The van der Waals surface area contributed by atoms with Crippen LogP contribution in [0.15, 0.2) is 23.3 Å². The van der Waals surface area contributed by atoms with Gasteiger partial charge in [-0.2, -0.15) is 0 Å². The molecule has 1 aliphatic rings. The third-order valence-corrected chi connectivity index (χ3v) is 3.90. The van der Waals surface area contributed by atoms with E-state index in [1.54, 1.807) is 6.07 Å². The Morgan fingerprint density at radius 2 is 2.29 bits per heavy atom. The van der Waals surface area contributed by atoms with Crippen molar-refractivity contribution in [3.05, 3.63) is 38.9 Å². The molecule has 1 fully saturated rings. The normalized spacial score (nSPS) is 18.0. The molecule has 0 bridgehead atoms. The Morgan fingerprint density at radius 1 is 1.48 bits per heavy atom. The molecule has 0 radical (unpaired) electrons. The van der Waals surface area contributed by atoms with Gasteiger partial charge in [0.2, 0.25) is 0 Å². The van der Waals surface area contributed by atoms with Crippen molar-refractivity contribution in [1.82, 2.24) is 15.3 Å². The zero-order valence-corrected chi connectivity index (χ0v) is 11.5. The van der Waals surface area contributed by atoms with Gasteiger partial charge in [-0.25, -0.2) is 4.98 Å². The van der Waals surface area contributed by atoms with E-state index in [-0.39, 0.29) is 22.7 Å². The largest absolute Gasteiger partial charge is 0.365 e. The van der Waals surface area contributed by atoms with Crippen LogP contribution in [0.2, 0.25) is 0 Å². The second-order valence-electron chi connectivity index (χ2n) is 5.10. The fraction of sp³-hybridized carbons (Fsp3) is 0.385. The van der Waals surface area contributed by atoms with E-state index in [9.17, 15) is 14.9 Å². The lowest BCUT2D eigenvalue weighted by molar-refractivity contribution is -0.384. The van der Waals surface area contributed by atoms with Crippen LogP contribution in [0.3, 0.4) is 0 Å². The van der Waals surface area contributed by atoms with E-state index in [2.05, 4.69) is 15.3 Å². The number of rotatable bonds is 3. The Hall–Kier alpha value is -2.48. The average Bonchev–Trinajstić information content (AvgIpc) is 2.99. The van der Waals surface area contributed by atoms with E-state index in [0.29, 0.717) is 11.2 Å². The van der Waals surface area contributed by atoms with Crippen molar-refractivity contribution < 1.29 is 4.92 Å². The quantitative estimate of drug-likeness (QED) is 0.634. The zero-order chi connectivity index (χ0) is 15.0. The number of hydrogen-bond acceptors (Lipinski definition) is 6. The molecule has 2 N–H and O–H groups in total. The van der Waals surface area contributed by atoms with Crippen LogP contribution in [0.5, 0.6) is 0 Å². The van der Waals surface area contributed by atoms with Gasteiger partial charge < -0.3 is 15.2 Å². The third-order valence-electron chi connectivity index (χ3n) is 3.90. The van der Waals surface area contributed by atoms with Gasteiger partial charge in [-0.05, 0) is 19.0 Å². The van der Waals surface area contributed by atoms with Gasteiger partial charge in [-0.15, -0.1) is 0 Å². The minimum Gasteiger partial charge on any atom is -0.365 e. The van der Waals surface area contributed by atoms with Crippen molar-refractivity contribution in [2.75, 3.05) is 25.0 Å². The molecule has 0 saturated carbocycles. The first-order valence-corrected chi connectivity index (χ1v) is 6.67.